The van der Waals surface area contributed by atoms with Crippen molar-refractivity contribution in [2.75, 3.05) is 6.54 Å². The molecular weight excluding hydrogens is 294 g/mol. The summed E-state index contributed by atoms with van der Waals surface area (Å²) in [4.78, 5) is 18.2. The van der Waals surface area contributed by atoms with Gasteiger partial charge in [0.2, 0.25) is 0 Å². The molecule has 0 atom stereocenters. The molecule has 0 amide bonds. The summed E-state index contributed by atoms with van der Waals surface area (Å²) in [7, 11) is 0. The zero-order valence-corrected chi connectivity index (χ0v) is 13.0. The van der Waals surface area contributed by atoms with E-state index in [1.165, 1.54) is 16.7 Å². The fraction of sp³-hybridized carbons (Fsp3) is 0.222. The van der Waals surface area contributed by atoms with Crippen molar-refractivity contribution in [3.05, 3.63) is 71.3 Å². The van der Waals surface area contributed by atoms with Crippen LogP contribution in [0.2, 0.25) is 0 Å². The zero-order valence-electron chi connectivity index (χ0n) is 13.0. The molecule has 2 aromatic rings. The Morgan fingerprint density at radius 1 is 0.913 bits per heavy atom. The first-order chi connectivity index (χ1) is 11.0. The Kier molecular flexibility index (Phi) is 8.10. The Morgan fingerprint density at radius 2 is 1.52 bits per heavy atom. The van der Waals surface area contributed by atoms with E-state index in [1.54, 1.807) is 0 Å². The number of hydrogen-bond acceptors (Lipinski definition) is 3. The van der Waals surface area contributed by atoms with Crippen LogP contribution in [0.4, 0.5) is 0 Å². The number of hydrogen-bond donors (Lipinski definition) is 3. The topological polar surface area (TPSA) is 86.6 Å². The molecule has 0 heterocycles. The molecule has 0 bridgehead atoms. The number of aliphatic carboxylic acids is 2. The van der Waals surface area contributed by atoms with Crippen LogP contribution in [0.25, 0.3) is 0 Å². The van der Waals surface area contributed by atoms with Crippen LogP contribution in [-0.4, -0.2) is 28.7 Å². The smallest absolute Gasteiger partial charge is 0.414 e. The number of carbonyl (C=O) groups is 2. The van der Waals surface area contributed by atoms with Crippen molar-refractivity contribution >= 4 is 11.9 Å². The van der Waals surface area contributed by atoms with E-state index in [2.05, 4.69) is 66.8 Å². The molecule has 2 rings (SSSR count). The number of rotatable bonds is 5. The standard InChI is InChI=1S/C16H19N.C2H2O4/c1-14-6-5-9-16(12-14)13-17-11-10-15-7-3-2-4-8-15;3-1(4)2(5)6/h2-9,12,17H,10-11,13H2,1H3;(H,3,4)(H,5,6). The first-order valence-corrected chi connectivity index (χ1v) is 7.25. The van der Waals surface area contributed by atoms with E-state index in [0.29, 0.717) is 0 Å². The third-order valence-corrected chi connectivity index (χ3v) is 3.03. The molecular formula is C18H21NO4. The second-order valence-corrected chi connectivity index (χ2v) is 5.01. The largest absolute Gasteiger partial charge is 0.473 e. The number of benzene rings is 2. The van der Waals surface area contributed by atoms with Gasteiger partial charge in [0.05, 0.1) is 0 Å². The molecule has 3 N–H and O–H groups in total. The van der Waals surface area contributed by atoms with Crippen molar-refractivity contribution in [1.29, 1.82) is 0 Å². The summed E-state index contributed by atoms with van der Waals surface area (Å²) in [6.07, 6.45) is 1.09. The highest BCUT2D eigenvalue weighted by Crippen LogP contribution is 2.03. The minimum absolute atomic E-state index is 0.953. The van der Waals surface area contributed by atoms with Gasteiger partial charge in [-0.05, 0) is 31.0 Å². The molecule has 0 radical (unpaired) electrons. The van der Waals surface area contributed by atoms with Gasteiger partial charge >= 0.3 is 11.9 Å². The average Bonchev–Trinajstić information content (AvgIpc) is 2.53. The molecule has 0 aromatic heterocycles. The minimum Gasteiger partial charge on any atom is -0.473 e. The lowest BCUT2D eigenvalue weighted by Gasteiger charge is -2.05. The molecule has 122 valence electrons. The molecule has 0 aliphatic rings. The first kappa shape index (κ1) is 18.4. The zero-order chi connectivity index (χ0) is 17.1. The average molecular weight is 315 g/mol. The molecule has 23 heavy (non-hydrogen) atoms. The van der Waals surface area contributed by atoms with Crippen LogP contribution < -0.4 is 5.32 Å². The minimum atomic E-state index is -1.82. The van der Waals surface area contributed by atoms with Crippen molar-refractivity contribution in [1.82, 2.24) is 5.32 Å². The monoisotopic (exact) mass is 315 g/mol. The van der Waals surface area contributed by atoms with E-state index in [4.69, 9.17) is 19.8 Å². The number of aryl methyl sites for hydroxylation is 1. The predicted octanol–water partition coefficient (Wildman–Crippen LogP) is 2.48. The Bertz CT molecular complexity index is 614. The van der Waals surface area contributed by atoms with Crippen LogP contribution in [0.15, 0.2) is 54.6 Å². The predicted molar refractivity (Wildman–Crippen MR) is 88.3 cm³/mol. The first-order valence-electron chi connectivity index (χ1n) is 7.25. The highest BCUT2D eigenvalue weighted by Gasteiger charge is 2.04. The summed E-state index contributed by atoms with van der Waals surface area (Å²) < 4.78 is 0. The molecule has 0 unspecified atom stereocenters. The van der Waals surface area contributed by atoms with Gasteiger partial charge in [-0.3, -0.25) is 0 Å². The van der Waals surface area contributed by atoms with Crippen LogP contribution in [-0.2, 0) is 22.6 Å². The van der Waals surface area contributed by atoms with Crippen LogP contribution in [0.1, 0.15) is 16.7 Å². The lowest BCUT2D eigenvalue weighted by molar-refractivity contribution is -0.159. The lowest BCUT2D eigenvalue weighted by Crippen LogP contribution is -2.16. The van der Waals surface area contributed by atoms with Gasteiger partial charge in [-0.25, -0.2) is 9.59 Å². The highest BCUT2D eigenvalue weighted by atomic mass is 16.4. The Morgan fingerprint density at radius 3 is 2.09 bits per heavy atom. The van der Waals surface area contributed by atoms with E-state index in [0.717, 1.165) is 19.5 Å². The molecule has 0 saturated carbocycles. The summed E-state index contributed by atoms with van der Waals surface area (Å²) >= 11 is 0. The molecule has 5 heteroatoms. The molecule has 2 aromatic carbocycles. The number of carboxylic acids is 2. The van der Waals surface area contributed by atoms with Gasteiger partial charge in [-0.2, -0.15) is 0 Å². The molecule has 0 spiro atoms. The number of nitrogens with one attached hydrogen (secondary N) is 1. The molecule has 0 saturated heterocycles. The summed E-state index contributed by atoms with van der Waals surface area (Å²) in [6, 6.07) is 19.2. The van der Waals surface area contributed by atoms with E-state index in [9.17, 15) is 0 Å². The molecule has 0 aliphatic carbocycles. The SMILES string of the molecule is Cc1cccc(CNCCc2ccccc2)c1.O=C(O)C(=O)O. The van der Waals surface area contributed by atoms with Gasteiger partial charge in [0.1, 0.15) is 0 Å². The normalized spacial score (nSPS) is 9.61. The fourth-order valence-corrected chi connectivity index (χ4v) is 1.93. The van der Waals surface area contributed by atoms with Crippen LogP contribution in [0, 0.1) is 6.92 Å². The van der Waals surface area contributed by atoms with E-state index in [-0.39, 0.29) is 0 Å². The summed E-state index contributed by atoms with van der Waals surface area (Å²) in [5, 5.41) is 18.3. The second-order valence-electron chi connectivity index (χ2n) is 5.01. The van der Waals surface area contributed by atoms with Crippen molar-refractivity contribution in [2.24, 2.45) is 0 Å². The molecule has 0 fully saturated rings. The van der Waals surface area contributed by atoms with Crippen LogP contribution in [0.5, 0.6) is 0 Å². The van der Waals surface area contributed by atoms with Gasteiger partial charge in [0.15, 0.2) is 0 Å². The van der Waals surface area contributed by atoms with Crippen molar-refractivity contribution in [3.8, 4) is 0 Å². The quantitative estimate of drug-likeness (QED) is 0.583. The lowest BCUT2D eigenvalue weighted by atomic mass is 10.1. The molecule has 0 aliphatic heterocycles. The maximum Gasteiger partial charge on any atom is 0.414 e. The maximum atomic E-state index is 9.10. The summed E-state index contributed by atoms with van der Waals surface area (Å²) in [5.74, 6) is -3.65. The van der Waals surface area contributed by atoms with E-state index < -0.39 is 11.9 Å². The fourth-order valence-electron chi connectivity index (χ4n) is 1.93. The van der Waals surface area contributed by atoms with E-state index >= 15 is 0 Å². The Labute approximate surface area is 135 Å². The van der Waals surface area contributed by atoms with Crippen molar-refractivity contribution in [3.63, 3.8) is 0 Å². The highest BCUT2D eigenvalue weighted by molar-refractivity contribution is 6.27. The number of carboxylic acid groups (broad SMARTS) is 2. The maximum absolute atomic E-state index is 9.10. The van der Waals surface area contributed by atoms with Gasteiger partial charge in [0.25, 0.3) is 0 Å². The van der Waals surface area contributed by atoms with Gasteiger partial charge < -0.3 is 15.5 Å². The summed E-state index contributed by atoms with van der Waals surface area (Å²) in [6.45, 7) is 4.11. The molecule has 5 nitrogen and oxygen atoms in total. The van der Waals surface area contributed by atoms with Gasteiger partial charge in [-0.15, -0.1) is 0 Å². The van der Waals surface area contributed by atoms with Gasteiger partial charge in [-0.1, -0.05) is 60.2 Å². The summed E-state index contributed by atoms with van der Waals surface area (Å²) in [5.41, 5.74) is 4.08. The van der Waals surface area contributed by atoms with Crippen molar-refractivity contribution in [2.45, 2.75) is 19.9 Å². The van der Waals surface area contributed by atoms with Gasteiger partial charge in [0, 0.05) is 6.54 Å². The van der Waals surface area contributed by atoms with Crippen molar-refractivity contribution < 1.29 is 19.8 Å². The third kappa shape index (κ3) is 8.38. The van der Waals surface area contributed by atoms with Crippen LogP contribution >= 0.6 is 0 Å². The Hall–Kier alpha value is -2.66. The second kappa shape index (κ2) is 10.1. The van der Waals surface area contributed by atoms with Crippen LogP contribution in [0.3, 0.4) is 0 Å². The Balaban J connectivity index is 0.000000379. The third-order valence-electron chi connectivity index (χ3n) is 3.03. The van der Waals surface area contributed by atoms with E-state index in [1.807, 2.05) is 0 Å².